The first-order valence-corrected chi connectivity index (χ1v) is 7.91. The van der Waals surface area contributed by atoms with Crippen LogP contribution in [0.15, 0.2) is 29.2 Å². The summed E-state index contributed by atoms with van der Waals surface area (Å²) in [6.07, 6.45) is -0.585. The molecule has 0 spiro atoms. The van der Waals surface area contributed by atoms with E-state index in [2.05, 4.69) is 5.32 Å². The third kappa shape index (κ3) is 3.34. The van der Waals surface area contributed by atoms with Crippen molar-refractivity contribution in [2.45, 2.75) is 17.4 Å². The van der Waals surface area contributed by atoms with Crippen molar-refractivity contribution >= 4 is 33.5 Å². The molecule has 0 bridgehead atoms. The maximum Gasteiger partial charge on any atom is 0.305 e. The number of piperazine rings is 1. The Balaban J connectivity index is 2.38. The van der Waals surface area contributed by atoms with Gasteiger partial charge in [-0.05, 0) is 24.3 Å². The number of nitrogens with one attached hydrogen (secondary N) is 1. The first kappa shape index (κ1) is 15.7. The molecule has 1 aromatic carbocycles. The van der Waals surface area contributed by atoms with Gasteiger partial charge in [-0.25, -0.2) is 8.42 Å². The van der Waals surface area contributed by atoms with Crippen LogP contribution >= 0.6 is 11.6 Å². The highest BCUT2D eigenvalue weighted by atomic mass is 35.5. The van der Waals surface area contributed by atoms with Crippen LogP contribution in [-0.2, 0) is 19.6 Å². The Morgan fingerprint density at radius 1 is 1.38 bits per heavy atom. The summed E-state index contributed by atoms with van der Waals surface area (Å²) in [6.45, 7) is 0.163. The number of carboxylic acid groups (broad SMARTS) is 1. The Morgan fingerprint density at radius 3 is 2.57 bits per heavy atom. The van der Waals surface area contributed by atoms with Crippen LogP contribution in [-0.4, -0.2) is 48.8 Å². The highest BCUT2D eigenvalue weighted by Gasteiger charge is 2.39. The minimum Gasteiger partial charge on any atom is -0.481 e. The number of carbonyl (C=O) groups is 2. The molecule has 21 heavy (non-hydrogen) atoms. The molecule has 1 aliphatic rings. The number of halogens is 1. The second-order valence-corrected chi connectivity index (χ2v) is 6.80. The van der Waals surface area contributed by atoms with Crippen molar-refractivity contribution in [3.05, 3.63) is 29.3 Å². The van der Waals surface area contributed by atoms with E-state index in [9.17, 15) is 18.0 Å². The van der Waals surface area contributed by atoms with Crippen molar-refractivity contribution in [1.29, 1.82) is 0 Å². The number of hydrogen-bond donors (Lipinski definition) is 2. The van der Waals surface area contributed by atoms with Crippen LogP contribution < -0.4 is 5.32 Å². The van der Waals surface area contributed by atoms with E-state index in [1.54, 1.807) is 0 Å². The second-order valence-electron chi connectivity index (χ2n) is 4.47. The Bertz CT molecular complexity index is 659. The SMILES string of the molecule is O=C(O)C[C@@H]1C(=O)NCCN1S(=O)(=O)c1ccc(Cl)cc1. The van der Waals surface area contributed by atoms with Gasteiger partial charge < -0.3 is 10.4 Å². The predicted octanol–water partition coefficient (Wildman–Crippen LogP) is 0.304. The van der Waals surface area contributed by atoms with E-state index in [0.29, 0.717) is 5.02 Å². The molecule has 1 heterocycles. The lowest BCUT2D eigenvalue weighted by Crippen LogP contribution is -2.57. The highest BCUT2D eigenvalue weighted by Crippen LogP contribution is 2.22. The molecule has 114 valence electrons. The molecule has 1 atom stereocenters. The minimum absolute atomic E-state index is 0.0225. The van der Waals surface area contributed by atoms with Gasteiger partial charge in [0.15, 0.2) is 0 Å². The topological polar surface area (TPSA) is 104 Å². The van der Waals surface area contributed by atoms with Crippen molar-refractivity contribution in [3.63, 3.8) is 0 Å². The quantitative estimate of drug-likeness (QED) is 0.825. The molecule has 0 aromatic heterocycles. The monoisotopic (exact) mass is 332 g/mol. The Kier molecular flexibility index (Phi) is 4.50. The van der Waals surface area contributed by atoms with Crippen molar-refractivity contribution in [3.8, 4) is 0 Å². The average Bonchev–Trinajstić information content (AvgIpc) is 2.41. The molecule has 7 nitrogen and oxygen atoms in total. The van der Waals surface area contributed by atoms with E-state index in [1.165, 1.54) is 24.3 Å². The molecule has 9 heteroatoms. The van der Waals surface area contributed by atoms with E-state index in [-0.39, 0.29) is 18.0 Å². The fourth-order valence-corrected chi connectivity index (χ4v) is 3.80. The van der Waals surface area contributed by atoms with Gasteiger partial charge in [0, 0.05) is 18.1 Å². The van der Waals surface area contributed by atoms with Gasteiger partial charge in [0.1, 0.15) is 6.04 Å². The lowest BCUT2D eigenvalue weighted by molar-refractivity contribution is -0.141. The number of hydrogen-bond acceptors (Lipinski definition) is 4. The minimum atomic E-state index is -3.96. The normalized spacial score (nSPS) is 20.0. The second kappa shape index (κ2) is 6.00. The maximum absolute atomic E-state index is 12.5. The molecule has 1 aliphatic heterocycles. The summed E-state index contributed by atoms with van der Waals surface area (Å²) in [4.78, 5) is 22.6. The summed E-state index contributed by atoms with van der Waals surface area (Å²) in [5.41, 5.74) is 0. The van der Waals surface area contributed by atoms with Gasteiger partial charge in [-0.1, -0.05) is 11.6 Å². The van der Waals surface area contributed by atoms with Crippen LogP contribution in [0.2, 0.25) is 5.02 Å². The fourth-order valence-electron chi connectivity index (χ4n) is 2.08. The van der Waals surface area contributed by atoms with Crippen LogP contribution in [0.5, 0.6) is 0 Å². The molecule has 0 aliphatic carbocycles. The zero-order valence-electron chi connectivity index (χ0n) is 10.8. The zero-order valence-corrected chi connectivity index (χ0v) is 12.4. The molecular formula is C12H13ClN2O5S. The summed E-state index contributed by atoms with van der Waals surface area (Å²) in [5, 5.41) is 11.7. The number of nitrogens with zero attached hydrogens (tertiary/aromatic N) is 1. The van der Waals surface area contributed by atoms with Gasteiger partial charge in [0.25, 0.3) is 0 Å². The van der Waals surface area contributed by atoms with E-state index < -0.39 is 34.4 Å². The number of rotatable bonds is 4. The Morgan fingerprint density at radius 2 is 2.00 bits per heavy atom. The molecule has 0 unspecified atom stereocenters. The summed E-state index contributed by atoms with van der Waals surface area (Å²) >= 11 is 5.72. The van der Waals surface area contributed by atoms with Crippen molar-refractivity contribution in [2.75, 3.05) is 13.1 Å². The smallest absolute Gasteiger partial charge is 0.305 e. The molecule has 1 fully saturated rings. The van der Waals surface area contributed by atoms with E-state index >= 15 is 0 Å². The lowest BCUT2D eigenvalue weighted by atomic mass is 10.1. The van der Waals surface area contributed by atoms with Crippen molar-refractivity contribution < 1.29 is 23.1 Å². The van der Waals surface area contributed by atoms with E-state index in [0.717, 1.165) is 4.31 Å². The number of sulfonamides is 1. The largest absolute Gasteiger partial charge is 0.481 e. The van der Waals surface area contributed by atoms with Crippen LogP contribution in [0.25, 0.3) is 0 Å². The number of carboxylic acids is 1. The summed E-state index contributed by atoms with van der Waals surface area (Å²) < 4.78 is 26.0. The molecular weight excluding hydrogens is 320 g/mol. The van der Waals surface area contributed by atoms with Gasteiger partial charge in [0.2, 0.25) is 15.9 Å². The molecule has 0 saturated carbocycles. The number of aliphatic carboxylic acids is 1. The standard InChI is InChI=1S/C12H13ClN2O5S/c13-8-1-3-9(4-2-8)21(19,20)15-6-5-14-12(18)10(15)7-11(16)17/h1-4,10H,5-7H2,(H,14,18)(H,16,17)/t10-/m1/s1. The van der Waals surface area contributed by atoms with E-state index in [1.807, 2.05) is 0 Å². The van der Waals surface area contributed by atoms with Crippen LogP contribution in [0, 0.1) is 0 Å². The maximum atomic E-state index is 12.5. The summed E-state index contributed by atoms with van der Waals surface area (Å²) in [6, 6.07) is 4.23. The van der Waals surface area contributed by atoms with Gasteiger partial charge in [-0.15, -0.1) is 0 Å². The van der Waals surface area contributed by atoms with Crippen LogP contribution in [0.4, 0.5) is 0 Å². The zero-order chi connectivity index (χ0) is 15.6. The molecule has 0 radical (unpaired) electrons. The van der Waals surface area contributed by atoms with E-state index in [4.69, 9.17) is 16.7 Å². The first-order chi connectivity index (χ1) is 9.82. The highest BCUT2D eigenvalue weighted by molar-refractivity contribution is 7.89. The predicted molar refractivity (Wildman–Crippen MR) is 74.4 cm³/mol. The third-order valence-electron chi connectivity index (χ3n) is 3.07. The number of amides is 1. The number of benzene rings is 1. The van der Waals surface area contributed by atoms with Gasteiger partial charge in [0.05, 0.1) is 11.3 Å². The summed E-state index contributed by atoms with van der Waals surface area (Å²) in [7, 11) is -3.96. The molecule has 2 N–H and O–H groups in total. The third-order valence-corrected chi connectivity index (χ3v) is 5.24. The summed E-state index contributed by atoms with van der Waals surface area (Å²) in [5.74, 6) is -1.85. The average molecular weight is 333 g/mol. The van der Waals surface area contributed by atoms with Gasteiger partial charge in [-0.3, -0.25) is 9.59 Å². The number of carbonyl (C=O) groups excluding carboxylic acids is 1. The van der Waals surface area contributed by atoms with Crippen LogP contribution in [0.1, 0.15) is 6.42 Å². The molecule has 2 rings (SSSR count). The van der Waals surface area contributed by atoms with Crippen LogP contribution in [0.3, 0.4) is 0 Å². The van der Waals surface area contributed by atoms with Gasteiger partial charge >= 0.3 is 5.97 Å². The Hall–Kier alpha value is -1.64. The van der Waals surface area contributed by atoms with Crippen molar-refractivity contribution in [2.24, 2.45) is 0 Å². The first-order valence-electron chi connectivity index (χ1n) is 6.09. The Labute approximate surface area is 126 Å². The fraction of sp³-hybridized carbons (Fsp3) is 0.333. The van der Waals surface area contributed by atoms with Gasteiger partial charge in [-0.2, -0.15) is 4.31 Å². The lowest BCUT2D eigenvalue weighted by Gasteiger charge is -2.33. The molecule has 1 aromatic rings. The molecule has 1 amide bonds. The van der Waals surface area contributed by atoms with Crippen molar-refractivity contribution in [1.82, 2.24) is 9.62 Å². The molecule has 1 saturated heterocycles.